The molecule has 10 heteroatoms. The summed E-state index contributed by atoms with van der Waals surface area (Å²) >= 11 is 0. The number of piperazine rings is 1. The van der Waals surface area contributed by atoms with E-state index in [1.165, 1.54) is 12.1 Å². The Kier molecular flexibility index (Phi) is 6.69. The lowest BCUT2D eigenvalue weighted by Crippen LogP contribution is -2.51. The Morgan fingerprint density at radius 1 is 0.833 bits per heavy atom. The van der Waals surface area contributed by atoms with Crippen LogP contribution in [0.2, 0.25) is 0 Å². The maximum Gasteiger partial charge on any atom is 0.410 e. The Morgan fingerprint density at radius 3 is 2.03 bits per heavy atom. The van der Waals surface area contributed by atoms with Crippen LogP contribution >= 0.6 is 0 Å². The summed E-state index contributed by atoms with van der Waals surface area (Å²) in [6.07, 6.45) is -0.434. The van der Waals surface area contributed by atoms with Gasteiger partial charge in [0.15, 0.2) is 5.75 Å². The molecule has 3 aromatic carbocycles. The molecule has 0 bridgehead atoms. The van der Waals surface area contributed by atoms with Crippen LogP contribution in [0, 0.1) is 0 Å². The van der Waals surface area contributed by atoms with Crippen molar-refractivity contribution in [3.8, 4) is 5.75 Å². The first kappa shape index (κ1) is 24.8. The number of ether oxygens (including phenoxy) is 1. The van der Waals surface area contributed by atoms with Crippen LogP contribution in [0.1, 0.15) is 31.1 Å². The molecule has 1 saturated heterocycles. The highest BCUT2D eigenvalue weighted by Gasteiger charge is 2.30. The number of nitrogens with zero attached hydrogens (tertiary/aromatic N) is 2. The lowest BCUT2D eigenvalue weighted by atomic mass is 10.1. The zero-order chi connectivity index (χ0) is 26.0. The van der Waals surface area contributed by atoms with Gasteiger partial charge in [-0.2, -0.15) is 0 Å². The maximum absolute atomic E-state index is 13.1. The summed E-state index contributed by atoms with van der Waals surface area (Å²) in [6, 6.07) is 13.5. The number of anilines is 4. The van der Waals surface area contributed by atoms with Crippen molar-refractivity contribution in [1.29, 1.82) is 0 Å². The van der Waals surface area contributed by atoms with Gasteiger partial charge >= 0.3 is 6.09 Å². The van der Waals surface area contributed by atoms with E-state index in [0.29, 0.717) is 18.8 Å². The fraction of sp³-hybridized carbons (Fsp3) is 0.308. The molecule has 3 N–H and O–H groups in total. The Balaban J connectivity index is 1.46. The van der Waals surface area contributed by atoms with Gasteiger partial charge in [0.2, 0.25) is 0 Å². The smallest absolute Gasteiger partial charge is 0.410 e. The van der Waals surface area contributed by atoms with Gasteiger partial charge in [-0.1, -0.05) is 24.3 Å². The van der Waals surface area contributed by atoms with Crippen LogP contribution < -0.4 is 21.5 Å². The zero-order valence-electron chi connectivity index (χ0n) is 20.3. The molecule has 10 nitrogen and oxygen atoms in total. The van der Waals surface area contributed by atoms with Crippen molar-refractivity contribution in [1.82, 2.24) is 9.80 Å². The molecular weight excluding hydrogens is 464 g/mol. The average Bonchev–Trinajstić information content (AvgIpc) is 2.86. The third-order valence-electron chi connectivity index (χ3n) is 5.70. The fourth-order valence-corrected chi connectivity index (χ4v) is 3.84. The number of hydrogen-bond donors (Lipinski definition) is 3. The predicted molar refractivity (Wildman–Crippen MR) is 136 cm³/mol. The minimum atomic E-state index is -0.720. The SMILES string of the molecule is CC(C)(C)OC(=O)N1CCN(C(=O)c2cccc(Nc3c(Nc4ccccc4)c(=O)c3=O)c2O)CC1. The highest BCUT2D eigenvalue weighted by Crippen LogP contribution is 2.33. The van der Waals surface area contributed by atoms with E-state index >= 15 is 0 Å². The summed E-state index contributed by atoms with van der Waals surface area (Å²) in [4.78, 5) is 52.8. The minimum absolute atomic E-state index is 0.00901. The topological polar surface area (TPSA) is 128 Å². The molecule has 3 aromatic rings. The van der Waals surface area contributed by atoms with E-state index in [-0.39, 0.29) is 41.5 Å². The van der Waals surface area contributed by atoms with Crippen molar-refractivity contribution in [3.63, 3.8) is 0 Å². The first-order valence-electron chi connectivity index (χ1n) is 11.6. The van der Waals surface area contributed by atoms with Crippen molar-refractivity contribution >= 4 is 34.7 Å². The summed E-state index contributed by atoms with van der Waals surface area (Å²) in [6.45, 7) is 6.53. The van der Waals surface area contributed by atoms with Crippen LogP contribution in [0.3, 0.4) is 0 Å². The van der Waals surface area contributed by atoms with Crippen LogP contribution in [0.5, 0.6) is 5.75 Å². The molecule has 1 fully saturated rings. The van der Waals surface area contributed by atoms with Gasteiger partial charge in [-0.3, -0.25) is 14.4 Å². The number of para-hydroxylation sites is 2. The molecule has 1 heterocycles. The molecule has 0 radical (unpaired) electrons. The predicted octanol–water partition coefficient (Wildman–Crippen LogP) is 3.17. The lowest BCUT2D eigenvalue weighted by Gasteiger charge is -2.35. The first-order chi connectivity index (χ1) is 17.0. The number of hydrogen-bond acceptors (Lipinski definition) is 8. The van der Waals surface area contributed by atoms with Crippen LogP contribution in [0.15, 0.2) is 58.1 Å². The summed E-state index contributed by atoms with van der Waals surface area (Å²) in [7, 11) is 0. The highest BCUT2D eigenvalue weighted by atomic mass is 16.6. The number of benzene rings is 2. The van der Waals surface area contributed by atoms with Gasteiger partial charge in [0.05, 0.1) is 11.3 Å². The Bertz CT molecular complexity index is 1350. The molecular formula is C26H28N4O6. The van der Waals surface area contributed by atoms with Crippen molar-refractivity contribution in [2.45, 2.75) is 26.4 Å². The first-order valence-corrected chi connectivity index (χ1v) is 11.6. The van der Waals surface area contributed by atoms with E-state index in [2.05, 4.69) is 10.6 Å². The number of carbonyl (C=O) groups is 2. The second-order valence-electron chi connectivity index (χ2n) is 9.49. The number of aromatic hydroxyl groups is 1. The quantitative estimate of drug-likeness (QED) is 0.366. The van der Waals surface area contributed by atoms with E-state index in [1.54, 1.807) is 60.9 Å². The lowest BCUT2D eigenvalue weighted by molar-refractivity contribution is 0.0140. The van der Waals surface area contributed by atoms with Gasteiger partial charge < -0.3 is 30.3 Å². The Morgan fingerprint density at radius 2 is 1.42 bits per heavy atom. The summed E-state index contributed by atoms with van der Waals surface area (Å²) in [5.41, 5.74) is -1.11. The van der Waals surface area contributed by atoms with Crippen LogP contribution in [0.4, 0.5) is 27.5 Å². The van der Waals surface area contributed by atoms with Gasteiger partial charge in [0.1, 0.15) is 17.0 Å². The zero-order valence-corrected chi connectivity index (χ0v) is 20.3. The summed E-state index contributed by atoms with van der Waals surface area (Å²) in [5.74, 6) is -0.747. The molecule has 1 aliphatic rings. The molecule has 36 heavy (non-hydrogen) atoms. The second kappa shape index (κ2) is 9.73. The van der Waals surface area contributed by atoms with Crippen molar-refractivity contribution < 1.29 is 19.4 Å². The van der Waals surface area contributed by atoms with Crippen molar-refractivity contribution in [3.05, 3.63) is 74.5 Å². The van der Waals surface area contributed by atoms with Gasteiger partial charge in [0.25, 0.3) is 16.8 Å². The number of nitrogens with one attached hydrogen (secondary N) is 2. The van der Waals surface area contributed by atoms with E-state index in [9.17, 15) is 24.3 Å². The van der Waals surface area contributed by atoms with Gasteiger partial charge in [-0.05, 0) is 45.0 Å². The molecule has 0 aliphatic carbocycles. The number of phenols is 1. The molecule has 188 valence electrons. The van der Waals surface area contributed by atoms with Crippen molar-refractivity contribution in [2.75, 3.05) is 36.8 Å². The standard InChI is InChI=1S/C26H28N4O6/c1-26(2,3)36-25(35)30-14-12-29(13-15-30)24(34)17-10-7-11-18(21(17)31)28-20-19(22(32)23(20)33)27-16-8-5-4-6-9-16/h4-11,27-28,31H,12-15H2,1-3H3. The minimum Gasteiger partial charge on any atom is -0.505 e. The van der Waals surface area contributed by atoms with Crippen molar-refractivity contribution in [2.24, 2.45) is 0 Å². The van der Waals surface area contributed by atoms with Crippen LogP contribution in [-0.4, -0.2) is 58.7 Å². The third-order valence-corrected chi connectivity index (χ3v) is 5.70. The molecule has 0 saturated carbocycles. The molecule has 4 rings (SSSR count). The number of rotatable bonds is 5. The summed E-state index contributed by atoms with van der Waals surface area (Å²) < 4.78 is 5.38. The third kappa shape index (κ3) is 5.17. The van der Waals surface area contributed by atoms with Crippen LogP contribution in [-0.2, 0) is 4.74 Å². The Labute approximate surface area is 207 Å². The molecule has 0 spiro atoms. The number of amides is 2. The molecule has 2 amide bonds. The molecule has 0 unspecified atom stereocenters. The van der Waals surface area contributed by atoms with E-state index in [1.807, 2.05) is 6.07 Å². The second-order valence-corrected chi connectivity index (χ2v) is 9.49. The number of phenolic OH excluding ortho intramolecular Hbond substituents is 1. The monoisotopic (exact) mass is 492 g/mol. The summed E-state index contributed by atoms with van der Waals surface area (Å²) in [5, 5.41) is 16.5. The molecule has 1 aliphatic heterocycles. The van der Waals surface area contributed by atoms with E-state index in [4.69, 9.17) is 4.74 Å². The molecule has 0 aromatic heterocycles. The van der Waals surface area contributed by atoms with Crippen LogP contribution in [0.25, 0.3) is 0 Å². The van der Waals surface area contributed by atoms with Gasteiger partial charge in [0, 0.05) is 31.9 Å². The van der Waals surface area contributed by atoms with Gasteiger partial charge in [-0.25, -0.2) is 4.79 Å². The highest BCUT2D eigenvalue weighted by molar-refractivity contribution is 5.99. The number of carbonyl (C=O) groups excluding carboxylic acids is 2. The normalized spacial score (nSPS) is 14.0. The van der Waals surface area contributed by atoms with E-state index in [0.717, 1.165) is 0 Å². The average molecular weight is 493 g/mol. The molecule has 0 atom stereocenters. The van der Waals surface area contributed by atoms with Gasteiger partial charge in [-0.15, -0.1) is 0 Å². The fourth-order valence-electron chi connectivity index (χ4n) is 3.84. The largest absolute Gasteiger partial charge is 0.505 e. The maximum atomic E-state index is 13.1. The van der Waals surface area contributed by atoms with E-state index < -0.39 is 28.5 Å². The Hall–Kier alpha value is -4.34.